The van der Waals surface area contributed by atoms with Gasteiger partial charge in [-0.05, 0) is 24.3 Å². The van der Waals surface area contributed by atoms with E-state index in [1.54, 1.807) is 0 Å². The van der Waals surface area contributed by atoms with Crippen LogP contribution in [0.25, 0.3) is 0 Å². The average molecular weight is 364 g/mol. The molecule has 0 bridgehead atoms. The standard InChI is InChI=1S/C13H20N2O6S2/c1-14(2)15(12-8-22(17,18)9-13(12)16)23(19,20)11-6-4-10(21-3)5-7-11/h4-7,12-13,16H,8-9H2,1-3H3/t12-,13-/m0/s1. The Morgan fingerprint density at radius 2 is 1.74 bits per heavy atom. The zero-order valence-electron chi connectivity index (χ0n) is 13.1. The van der Waals surface area contributed by atoms with Gasteiger partial charge in [0.15, 0.2) is 9.84 Å². The van der Waals surface area contributed by atoms with Gasteiger partial charge in [0.2, 0.25) is 0 Å². The van der Waals surface area contributed by atoms with Gasteiger partial charge in [0.25, 0.3) is 10.0 Å². The third kappa shape index (κ3) is 3.66. The highest BCUT2D eigenvalue weighted by atomic mass is 32.2. The number of hydrazine groups is 1. The summed E-state index contributed by atoms with van der Waals surface area (Å²) in [5.41, 5.74) is 0. The lowest BCUT2D eigenvalue weighted by Crippen LogP contribution is -2.53. The van der Waals surface area contributed by atoms with Crippen molar-refractivity contribution in [2.24, 2.45) is 0 Å². The first-order chi connectivity index (χ1) is 10.6. The molecule has 1 saturated heterocycles. The molecule has 130 valence electrons. The predicted molar refractivity (Wildman–Crippen MR) is 84.2 cm³/mol. The van der Waals surface area contributed by atoms with Crippen molar-refractivity contribution in [3.63, 3.8) is 0 Å². The monoisotopic (exact) mass is 364 g/mol. The highest BCUT2D eigenvalue weighted by molar-refractivity contribution is 7.92. The zero-order valence-corrected chi connectivity index (χ0v) is 14.7. The molecule has 0 spiro atoms. The van der Waals surface area contributed by atoms with Crippen LogP contribution in [0.15, 0.2) is 29.2 Å². The van der Waals surface area contributed by atoms with Gasteiger partial charge in [-0.1, -0.05) is 0 Å². The van der Waals surface area contributed by atoms with Crippen molar-refractivity contribution in [1.82, 2.24) is 9.42 Å². The second kappa shape index (κ2) is 6.36. The Hall–Kier alpha value is -1.20. The van der Waals surface area contributed by atoms with Crippen molar-refractivity contribution >= 4 is 19.9 Å². The van der Waals surface area contributed by atoms with E-state index in [4.69, 9.17) is 4.74 Å². The summed E-state index contributed by atoms with van der Waals surface area (Å²) in [6, 6.07) is 4.70. The first-order valence-corrected chi connectivity index (χ1v) is 10.1. The lowest BCUT2D eigenvalue weighted by atomic mass is 10.2. The van der Waals surface area contributed by atoms with Gasteiger partial charge in [0, 0.05) is 14.1 Å². The summed E-state index contributed by atoms with van der Waals surface area (Å²) in [5, 5.41) is 11.3. The van der Waals surface area contributed by atoms with Crippen molar-refractivity contribution in [2.45, 2.75) is 17.0 Å². The lowest BCUT2D eigenvalue weighted by molar-refractivity contribution is 0.0272. The molecule has 1 aliphatic rings. The summed E-state index contributed by atoms with van der Waals surface area (Å²) in [7, 11) is -3.05. The maximum atomic E-state index is 12.9. The highest BCUT2D eigenvalue weighted by Gasteiger charge is 2.46. The van der Waals surface area contributed by atoms with Crippen LogP contribution in [-0.2, 0) is 19.9 Å². The molecule has 0 amide bonds. The first-order valence-electron chi connectivity index (χ1n) is 6.83. The van der Waals surface area contributed by atoms with Crippen LogP contribution in [0.5, 0.6) is 5.75 Å². The lowest BCUT2D eigenvalue weighted by Gasteiger charge is -2.34. The van der Waals surface area contributed by atoms with Crippen molar-refractivity contribution in [3.05, 3.63) is 24.3 Å². The van der Waals surface area contributed by atoms with Gasteiger partial charge in [-0.3, -0.25) is 0 Å². The molecule has 0 radical (unpaired) electrons. The highest BCUT2D eigenvalue weighted by Crippen LogP contribution is 2.27. The summed E-state index contributed by atoms with van der Waals surface area (Å²) in [6.07, 6.45) is -1.27. The molecule has 2 atom stereocenters. The molecule has 1 aromatic carbocycles. The maximum absolute atomic E-state index is 12.9. The third-order valence-electron chi connectivity index (χ3n) is 3.58. The molecule has 0 unspecified atom stereocenters. The minimum Gasteiger partial charge on any atom is -0.497 e. The van der Waals surface area contributed by atoms with Crippen molar-refractivity contribution in [2.75, 3.05) is 32.7 Å². The minimum absolute atomic E-state index is 0.0107. The number of nitrogens with zero attached hydrogens (tertiary/aromatic N) is 2. The molecule has 8 nitrogen and oxygen atoms in total. The van der Waals surface area contributed by atoms with Crippen molar-refractivity contribution in [3.8, 4) is 5.75 Å². The Morgan fingerprint density at radius 3 is 2.13 bits per heavy atom. The van der Waals surface area contributed by atoms with Gasteiger partial charge in [-0.2, -0.15) is 0 Å². The number of hydrogen-bond acceptors (Lipinski definition) is 7. The van der Waals surface area contributed by atoms with Crippen molar-refractivity contribution < 1.29 is 26.7 Å². The van der Waals surface area contributed by atoms with Gasteiger partial charge in [0.05, 0.1) is 35.7 Å². The summed E-state index contributed by atoms with van der Waals surface area (Å²) < 4.78 is 55.0. The largest absolute Gasteiger partial charge is 0.497 e. The Labute approximate surface area is 136 Å². The van der Waals surface area contributed by atoms with Crippen LogP contribution in [-0.4, -0.2) is 76.2 Å². The molecule has 1 aromatic rings. The SMILES string of the molecule is COc1ccc(S(=O)(=O)N([C@H]2CS(=O)(=O)C[C@@H]2O)N(C)C)cc1. The van der Waals surface area contributed by atoms with E-state index < -0.39 is 43.5 Å². The number of ether oxygens (including phenoxy) is 1. The molecule has 1 N–H and O–H groups in total. The number of aliphatic hydroxyl groups is 1. The summed E-state index contributed by atoms with van der Waals surface area (Å²) in [5.74, 6) is -0.356. The van der Waals surface area contributed by atoms with Crippen LogP contribution in [0.2, 0.25) is 0 Å². The van der Waals surface area contributed by atoms with Crippen LogP contribution in [0.3, 0.4) is 0 Å². The average Bonchev–Trinajstić information content (AvgIpc) is 2.71. The van der Waals surface area contributed by atoms with E-state index in [-0.39, 0.29) is 4.90 Å². The summed E-state index contributed by atoms with van der Waals surface area (Å²) in [6.45, 7) is 0. The molecular weight excluding hydrogens is 344 g/mol. The smallest absolute Gasteiger partial charge is 0.256 e. The molecule has 1 fully saturated rings. The molecule has 1 aliphatic heterocycles. The van der Waals surface area contributed by atoms with Gasteiger partial charge in [0.1, 0.15) is 5.75 Å². The Bertz CT molecular complexity index is 758. The number of rotatable bonds is 5. The number of aliphatic hydroxyl groups excluding tert-OH is 1. The topological polar surface area (TPSA) is 104 Å². The molecular formula is C13H20N2O6S2. The van der Waals surface area contributed by atoms with Crippen molar-refractivity contribution in [1.29, 1.82) is 0 Å². The summed E-state index contributed by atoms with van der Waals surface area (Å²) >= 11 is 0. The minimum atomic E-state index is -4.01. The first kappa shape index (κ1) is 18.1. The maximum Gasteiger partial charge on any atom is 0.256 e. The fourth-order valence-corrected chi connectivity index (χ4v) is 6.12. The van der Waals surface area contributed by atoms with Gasteiger partial charge < -0.3 is 9.84 Å². The molecule has 23 heavy (non-hydrogen) atoms. The van der Waals surface area contributed by atoms with E-state index in [0.29, 0.717) is 5.75 Å². The van der Waals surface area contributed by atoms with E-state index in [9.17, 15) is 21.9 Å². The van der Waals surface area contributed by atoms with E-state index >= 15 is 0 Å². The fourth-order valence-electron chi connectivity index (χ4n) is 2.57. The second-order valence-electron chi connectivity index (χ2n) is 5.51. The van der Waals surface area contributed by atoms with Crippen LogP contribution >= 0.6 is 0 Å². The van der Waals surface area contributed by atoms with Gasteiger partial charge in [-0.15, -0.1) is 4.41 Å². The Kier molecular flexibility index (Phi) is 5.02. The molecule has 0 saturated carbocycles. The van der Waals surface area contributed by atoms with Crippen LogP contribution in [0.4, 0.5) is 0 Å². The second-order valence-corrected chi connectivity index (χ2v) is 9.46. The zero-order chi connectivity index (χ0) is 17.4. The van der Waals surface area contributed by atoms with Crippen LogP contribution in [0, 0.1) is 0 Å². The van der Waals surface area contributed by atoms with E-state index in [1.165, 1.54) is 50.5 Å². The van der Waals surface area contributed by atoms with Crippen LogP contribution in [0.1, 0.15) is 0 Å². The fraction of sp³-hybridized carbons (Fsp3) is 0.538. The number of sulfonamides is 1. The predicted octanol–water partition coefficient (Wildman–Crippen LogP) is -0.680. The van der Waals surface area contributed by atoms with E-state index in [1.807, 2.05) is 0 Å². The molecule has 2 rings (SSSR count). The molecule has 1 heterocycles. The molecule has 0 aliphatic carbocycles. The normalized spacial score (nSPS) is 24.3. The van der Waals surface area contributed by atoms with Crippen LogP contribution < -0.4 is 4.74 Å². The van der Waals surface area contributed by atoms with Gasteiger partial charge in [-0.25, -0.2) is 21.8 Å². The molecule has 10 heteroatoms. The molecule has 0 aromatic heterocycles. The number of benzene rings is 1. The van der Waals surface area contributed by atoms with E-state index in [2.05, 4.69) is 0 Å². The van der Waals surface area contributed by atoms with Gasteiger partial charge >= 0.3 is 0 Å². The number of hydrogen-bond donors (Lipinski definition) is 1. The number of methoxy groups -OCH3 is 1. The Morgan fingerprint density at radius 1 is 1.17 bits per heavy atom. The Balaban J connectivity index is 2.43. The summed E-state index contributed by atoms with van der Waals surface area (Å²) in [4.78, 5) is -0.0107. The quantitative estimate of drug-likeness (QED) is 0.690. The third-order valence-corrected chi connectivity index (χ3v) is 7.23. The number of sulfone groups is 1. The van der Waals surface area contributed by atoms with E-state index in [0.717, 1.165) is 4.41 Å².